The molecule has 0 radical (unpaired) electrons. The van der Waals surface area contributed by atoms with Crippen molar-refractivity contribution >= 4 is 83.6 Å². The molecule has 13 heavy (non-hydrogen) atoms. The van der Waals surface area contributed by atoms with Gasteiger partial charge < -0.3 is 19.6 Å². The molecule has 0 aromatic rings. The Morgan fingerprint density at radius 2 is 0.538 bits per heavy atom. The van der Waals surface area contributed by atoms with Gasteiger partial charge in [0.25, 0.3) is 0 Å². The van der Waals surface area contributed by atoms with Crippen LogP contribution in [0.3, 0.4) is 0 Å². The molecule has 0 fully saturated rings. The van der Waals surface area contributed by atoms with Crippen molar-refractivity contribution in [1.29, 1.82) is 0 Å². The van der Waals surface area contributed by atoms with Crippen molar-refractivity contribution in [2.45, 2.75) is 0 Å². The Hall–Kier alpha value is 1.81. The normalized spacial score (nSPS) is 6.46. The molecule has 0 saturated carbocycles. The Morgan fingerprint density at radius 3 is 0.538 bits per heavy atom. The molecular weight excluding hydrogens is 389 g/mol. The van der Waals surface area contributed by atoms with Crippen LogP contribution in [0, 0.1) is 0 Å². The quantitative estimate of drug-likeness (QED) is 0.340. The summed E-state index contributed by atoms with van der Waals surface area (Å²) in [5.74, 6) is 0. The zero-order valence-electron chi connectivity index (χ0n) is 5.92. The van der Waals surface area contributed by atoms with Gasteiger partial charge >= 0.3 is 83.6 Å². The average Bonchev–Trinajstić information content (AvgIpc) is 1.92. The van der Waals surface area contributed by atoms with Crippen LogP contribution in [0.2, 0.25) is 0 Å². The van der Waals surface area contributed by atoms with Gasteiger partial charge in [-0.1, -0.05) is 0 Å². The van der Waals surface area contributed by atoms with Crippen LogP contribution >= 0.6 is 34.7 Å². The summed E-state index contributed by atoms with van der Waals surface area (Å²) >= 11 is 0. The van der Waals surface area contributed by atoms with Crippen molar-refractivity contribution in [2.75, 3.05) is 0 Å². The molecule has 0 rings (SSSR count). The van der Waals surface area contributed by atoms with Crippen LogP contribution in [0.5, 0.6) is 0 Å². The first-order valence-electron chi connectivity index (χ1n) is 1.53. The molecule has 4 N–H and O–H groups in total. The van der Waals surface area contributed by atoms with Gasteiger partial charge in [-0.25, -0.2) is 18.3 Å². The molecule has 72 valence electrons. The van der Waals surface area contributed by atoms with Crippen LogP contribution in [-0.4, -0.2) is 68.5 Å². The molecule has 0 heterocycles. The Morgan fingerprint density at radius 1 is 0.538 bits per heavy atom. The minimum Gasteiger partial charge on any atom is -0.310 e. The maximum absolute atomic E-state index is 8.46. The topological polar surface area (TPSA) is 149 Å². The molecule has 0 aliphatic heterocycles. The van der Waals surface area contributed by atoms with E-state index in [1.54, 1.807) is 0 Å². The fourth-order valence-electron chi connectivity index (χ4n) is 0. The third kappa shape index (κ3) is 587. The first kappa shape index (κ1) is 29.4. The summed E-state index contributed by atoms with van der Waals surface area (Å²) in [6.45, 7) is 0. The van der Waals surface area contributed by atoms with E-state index in [-0.39, 0.29) is 48.9 Å². The van der Waals surface area contributed by atoms with Gasteiger partial charge in [0.2, 0.25) is 0 Å². The van der Waals surface area contributed by atoms with Crippen LogP contribution in [0.1, 0.15) is 0 Å². The van der Waals surface area contributed by atoms with Gasteiger partial charge in [-0.2, -0.15) is 0 Å². The Balaban J connectivity index is -0.0000000213. The average molecular weight is 393 g/mol. The van der Waals surface area contributed by atoms with Crippen LogP contribution in [-0.2, 0) is 18.3 Å². The zero-order chi connectivity index (χ0) is 10.8. The predicted octanol–water partition coefficient (Wildman–Crippen LogP) is 0.361. The van der Waals surface area contributed by atoms with E-state index in [9.17, 15) is 0 Å². The maximum Gasteiger partial charge on any atom is 2.00 e. The van der Waals surface area contributed by atoms with Crippen LogP contribution < -0.4 is 0 Å². The third-order valence-electron chi connectivity index (χ3n) is 0. The summed E-state index contributed by atoms with van der Waals surface area (Å²) in [4.78, 5) is 27.9. The molecular formula is H4BaO8P4+2. The Kier molecular flexibility index (Phi) is 152. The monoisotopic (exact) mass is 394 g/mol. The first-order valence-corrected chi connectivity index (χ1v) is 4.59. The molecule has 0 aromatic carbocycles. The largest absolute Gasteiger partial charge is 2.00 e. The van der Waals surface area contributed by atoms with Gasteiger partial charge in [0.05, 0.1) is 0 Å². The van der Waals surface area contributed by atoms with Crippen LogP contribution in [0.15, 0.2) is 0 Å². The Bertz CT molecular complexity index is 70.1. The van der Waals surface area contributed by atoms with E-state index in [0.717, 1.165) is 0 Å². The van der Waals surface area contributed by atoms with Crippen molar-refractivity contribution < 1.29 is 37.8 Å². The first-order chi connectivity index (χ1) is 5.66. The van der Waals surface area contributed by atoms with E-state index in [1.165, 1.54) is 0 Å². The summed E-state index contributed by atoms with van der Waals surface area (Å²) in [5.41, 5.74) is 0. The SMILES string of the molecule is O=PO.O=PO.O=PO.O=PO.[Ba+2]. The molecule has 13 heteroatoms. The molecule has 0 spiro atoms. The van der Waals surface area contributed by atoms with Gasteiger partial charge in [-0.05, 0) is 0 Å². The van der Waals surface area contributed by atoms with Gasteiger partial charge in [0.15, 0.2) is 0 Å². The van der Waals surface area contributed by atoms with Crippen molar-refractivity contribution in [2.24, 2.45) is 0 Å². The molecule has 0 amide bonds. The van der Waals surface area contributed by atoms with E-state index < -0.39 is 34.7 Å². The minimum absolute atomic E-state index is 0. The summed E-state index contributed by atoms with van der Waals surface area (Å²) in [6, 6.07) is 0. The fourth-order valence-corrected chi connectivity index (χ4v) is 0. The van der Waals surface area contributed by atoms with Crippen molar-refractivity contribution in [3.63, 3.8) is 0 Å². The van der Waals surface area contributed by atoms with Crippen molar-refractivity contribution in [3.05, 3.63) is 0 Å². The van der Waals surface area contributed by atoms with Gasteiger partial charge in [0, 0.05) is 0 Å². The second kappa shape index (κ2) is 67.1. The van der Waals surface area contributed by atoms with Gasteiger partial charge in [0.1, 0.15) is 0 Å². The summed E-state index contributed by atoms with van der Waals surface area (Å²) in [7, 11) is -3.33. The number of rotatable bonds is 0. The standard InChI is InChI=1S/Ba.4HO2P/c;4*1-3-2/h;4*(H,1,2)/q+2;;;;. The second-order valence-electron chi connectivity index (χ2n) is 0.327. The van der Waals surface area contributed by atoms with E-state index in [4.69, 9.17) is 37.8 Å². The van der Waals surface area contributed by atoms with Crippen molar-refractivity contribution in [1.82, 2.24) is 0 Å². The zero-order valence-corrected chi connectivity index (χ0v) is 13.9. The number of hydrogen-bond acceptors (Lipinski definition) is 4. The summed E-state index contributed by atoms with van der Waals surface area (Å²) < 4.78 is 33.8. The predicted molar refractivity (Wildman–Crippen MR) is 45.1 cm³/mol. The van der Waals surface area contributed by atoms with E-state index >= 15 is 0 Å². The minimum atomic E-state index is -0.833. The van der Waals surface area contributed by atoms with Crippen molar-refractivity contribution in [3.8, 4) is 0 Å². The molecule has 0 atom stereocenters. The molecule has 0 unspecified atom stereocenters. The second-order valence-corrected chi connectivity index (χ2v) is 0.980. The number of hydrogen-bond donors (Lipinski definition) is 4. The van der Waals surface area contributed by atoms with E-state index in [0.29, 0.717) is 0 Å². The molecule has 0 aromatic heterocycles. The maximum atomic E-state index is 8.46. The Labute approximate surface area is 120 Å². The van der Waals surface area contributed by atoms with Crippen LogP contribution in [0.4, 0.5) is 0 Å². The third-order valence-corrected chi connectivity index (χ3v) is 0. The smallest absolute Gasteiger partial charge is 0.310 e. The van der Waals surface area contributed by atoms with E-state index in [1.807, 2.05) is 0 Å². The molecule has 0 aliphatic carbocycles. The van der Waals surface area contributed by atoms with Gasteiger partial charge in [-0.3, -0.25) is 0 Å². The summed E-state index contributed by atoms with van der Waals surface area (Å²) in [6.07, 6.45) is 0. The molecule has 8 nitrogen and oxygen atoms in total. The van der Waals surface area contributed by atoms with Crippen LogP contribution in [0.25, 0.3) is 0 Å². The molecule has 0 aliphatic rings. The molecule has 0 saturated heterocycles. The van der Waals surface area contributed by atoms with E-state index in [2.05, 4.69) is 0 Å². The molecule has 0 bridgehead atoms. The van der Waals surface area contributed by atoms with Gasteiger partial charge in [-0.15, -0.1) is 0 Å². The fraction of sp³-hybridized carbons (Fsp3) is 0. The summed E-state index contributed by atoms with van der Waals surface area (Å²) in [5, 5.41) is 0.